The third-order valence-electron chi connectivity index (χ3n) is 6.25. The van der Waals surface area contributed by atoms with Crippen LogP contribution in [0.3, 0.4) is 0 Å². The average Bonchev–Trinajstić information content (AvgIpc) is 2.86. The molecule has 174 valence electrons. The van der Waals surface area contributed by atoms with Crippen molar-refractivity contribution in [3.63, 3.8) is 0 Å². The summed E-state index contributed by atoms with van der Waals surface area (Å²) in [6.45, 7) is 4.42. The summed E-state index contributed by atoms with van der Waals surface area (Å²) in [7, 11) is 4.91. The quantitative estimate of drug-likeness (QED) is 0.494. The highest BCUT2D eigenvalue weighted by atomic mass is 19.1. The molecule has 1 fully saturated rings. The van der Waals surface area contributed by atoms with Crippen molar-refractivity contribution in [1.82, 2.24) is 9.80 Å². The van der Waals surface area contributed by atoms with Gasteiger partial charge in [-0.25, -0.2) is 4.39 Å². The van der Waals surface area contributed by atoms with Crippen LogP contribution in [-0.2, 0) is 6.54 Å². The Morgan fingerprint density at radius 1 is 0.727 bits per heavy atom. The van der Waals surface area contributed by atoms with E-state index in [9.17, 15) is 4.39 Å². The summed E-state index contributed by atoms with van der Waals surface area (Å²) in [5.74, 6) is 1.79. The molecule has 1 saturated heterocycles. The second-order valence-corrected chi connectivity index (χ2v) is 8.17. The Bertz CT molecular complexity index is 1040. The van der Waals surface area contributed by atoms with E-state index in [0.29, 0.717) is 17.2 Å². The van der Waals surface area contributed by atoms with Crippen LogP contribution in [0, 0.1) is 5.82 Å². The summed E-state index contributed by atoms with van der Waals surface area (Å²) in [6, 6.07) is 21.4. The van der Waals surface area contributed by atoms with E-state index >= 15 is 0 Å². The minimum Gasteiger partial charge on any atom is -0.493 e. The zero-order chi connectivity index (χ0) is 23.2. The van der Waals surface area contributed by atoms with Gasteiger partial charge in [0.1, 0.15) is 5.82 Å². The van der Waals surface area contributed by atoms with Crippen LogP contribution in [-0.4, -0.2) is 57.3 Å². The maximum atomic E-state index is 13.6. The zero-order valence-corrected chi connectivity index (χ0v) is 19.5. The van der Waals surface area contributed by atoms with Crippen LogP contribution >= 0.6 is 0 Å². The van der Waals surface area contributed by atoms with Crippen LogP contribution in [0.1, 0.15) is 22.7 Å². The Morgan fingerprint density at radius 3 is 1.97 bits per heavy atom. The largest absolute Gasteiger partial charge is 0.493 e. The fourth-order valence-corrected chi connectivity index (χ4v) is 4.60. The van der Waals surface area contributed by atoms with Crippen LogP contribution in [0.4, 0.5) is 4.39 Å². The van der Waals surface area contributed by atoms with E-state index in [1.807, 2.05) is 30.3 Å². The molecule has 0 spiro atoms. The number of ether oxygens (including phenoxy) is 3. The molecule has 0 amide bonds. The number of nitrogens with zero attached hydrogens (tertiary/aromatic N) is 2. The summed E-state index contributed by atoms with van der Waals surface area (Å²) in [6.07, 6.45) is 0. The van der Waals surface area contributed by atoms with E-state index in [-0.39, 0.29) is 11.9 Å². The lowest BCUT2D eigenvalue weighted by atomic mass is 9.96. The van der Waals surface area contributed by atoms with Crippen molar-refractivity contribution in [1.29, 1.82) is 0 Å². The fourth-order valence-electron chi connectivity index (χ4n) is 4.60. The van der Waals surface area contributed by atoms with Gasteiger partial charge in [0, 0.05) is 38.3 Å². The first-order valence-corrected chi connectivity index (χ1v) is 11.2. The highest BCUT2D eigenvalue weighted by molar-refractivity contribution is 5.55. The lowest BCUT2D eigenvalue weighted by Crippen LogP contribution is -2.47. The minimum atomic E-state index is -0.209. The number of halogens is 1. The van der Waals surface area contributed by atoms with Gasteiger partial charge in [-0.1, -0.05) is 48.5 Å². The predicted octanol–water partition coefficient (Wildman–Crippen LogP) is 4.76. The molecule has 1 heterocycles. The summed E-state index contributed by atoms with van der Waals surface area (Å²) < 4.78 is 30.2. The molecule has 0 N–H and O–H groups in total. The first-order valence-electron chi connectivity index (χ1n) is 11.2. The molecular formula is C27H31FN2O3. The van der Waals surface area contributed by atoms with Crippen LogP contribution in [0.25, 0.3) is 0 Å². The molecule has 0 radical (unpaired) electrons. The molecule has 6 heteroatoms. The molecule has 1 aliphatic rings. The molecule has 33 heavy (non-hydrogen) atoms. The van der Waals surface area contributed by atoms with Crippen molar-refractivity contribution < 1.29 is 18.6 Å². The Hall–Kier alpha value is -3.09. The highest BCUT2D eigenvalue weighted by Crippen LogP contribution is 2.40. The molecule has 0 saturated carbocycles. The molecule has 0 bridgehead atoms. The second-order valence-electron chi connectivity index (χ2n) is 8.17. The van der Waals surface area contributed by atoms with Crippen molar-refractivity contribution in [2.45, 2.75) is 12.6 Å². The molecule has 1 aliphatic heterocycles. The molecule has 0 aliphatic carbocycles. The van der Waals surface area contributed by atoms with Gasteiger partial charge >= 0.3 is 0 Å². The molecule has 1 unspecified atom stereocenters. The SMILES string of the molecule is COc1ccc(CN2CCN(C(c3ccccc3)c3ccc(F)cc3)CC2)c(OC)c1OC. The Kier molecular flexibility index (Phi) is 7.47. The van der Waals surface area contributed by atoms with Crippen molar-refractivity contribution in [3.05, 3.63) is 89.2 Å². The lowest BCUT2D eigenvalue weighted by Gasteiger charge is -2.40. The monoisotopic (exact) mass is 450 g/mol. The third-order valence-corrected chi connectivity index (χ3v) is 6.25. The topological polar surface area (TPSA) is 34.2 Å². The molecule has 4 rings (SSSR count). The minimum absolute atomic E-state index is 0.101. The first-order chi connectivity index (χ1) is 16.1. The van der Waals surface area contributed by atoms with Gasteiger partial charge in [0.2, 0.25) is 5.75 Å². The molecule has 0 aromatic heterocycles. The molecule has 3 aromatic rings. The number of benzene rings is 3. The van der Waals surface area contributed by atoms with Gasteiger partial charge in [-0.3, -0.25) is 9.80 Å². The van der Waals surface area contributed by atoms with E-state index in [1.54, 1.807) is 33.5 Å². The standard InChI is InChI=1S/C27H31FN2O3/c1-31-24-14-11-22(26(32-2)27(24)33-3)19-29-15-17-30(18-16-29)25(20-7-5-4-6-8-20)21-9-12-23(28)13-10-21/h4-14,25H,15-19H2,1-3H3. The summed E-state index contributed by atoms with van der Waals surface area (Å²) >= 11 is 0. The highest BCUT2D eigenvalue weighted by Gasteiger charge is 2.27. The fraction of sp³-hybridized carbons (Fsp3) is 0.333. The van der Waals surface area contributed by atoms with Crippen molar-refractivity contribution in [3.8, 4) is 17.2 Å². The zero-order valence-electron chi connectivity index (χ0n) is 19.5. The van der Waals surface area contributed by atoms with E-state index in [2.05, 4.69) is 34.1 Å². The Labute approximate surface area is 195 Å². The maximum absolute atomic E-state index is 13.6. The summed E-state index contributed by atoms with van der Waals surface area (Å²) in [5, 5.41) is 0. The van der Waals surface area contributed by atoms with Gasteiger partial charge < -0.3 is 14.2 Å². The van der Waals surface area contributed by atoms with Crippen molar-refractivity contribution >= 4 is 0 Å². The van der Waals surface area contributed by atoms with Gasteiger partial charge in [0.15, 0.2) is 11.5 Å². The predicted molar refractivity (Wildman–Crippen MR) is 128 cm³/mol. The van der Waals surface area contributed by atoms with Gasteiger partial charge in [0.05, 0.1) is 27.4 Å². The molecule has 5 nitrogen and oxygen atoms in total. The molecular weight excluding hydrogens is 419 g/mol. The molecule has 3 aromatic carbocycles. The van der Waals surface area contributed by atoms with E-state index in [0.717, 1.165) is 43.9 Å². The van der Waals surface area contributed by atoms with Gasteiger partial charge in [-0.2, -0.15) is 0 Å². The Morgan fingerprint density at radius 2 is 1.36 bits per heavy atom. The molecule has 1 atom stereocenters. The van der Waals surface area contributed by atoms with Crippen LogP contribution in [0.5, 0.6) is 17.2 Å². The van der Waals surface area contributed by atoms with E-state index in [4.69, 9.17) is 14.2 Å². The van der Waals surface area contributed by atoms with Gasteiger partial charge in [0.25, 0.3) is 0 Å². The third kappa shape index (κ3) is 5.13. The average molecular weight is 451 g/mol. The number of hydrogen-bond acceptors (Lipinski definition) is 5. The number of hydrogen-bond donors (Lipinski definition) is 0. The maximum Gasteiger partial charge on any atom is 0.203 e. The van der Waals surface area contributed by atoms with Crippen molar-refractivity contribution in [2.75, 3.05) is 47.5 Å². The van der Waals surface area contributed by atoms with Crippen LogP contribution in [0.2, 0.25) is 0 Å². The van der Waals surface area contributed by atoms with Crippen LogP contribution in [0.15, 0.2) is 66.7 Å². The van der Waals surface area contributed by atoms with E-state index < -0.39 is 0 Å². The van der Waals surface area contributed by atoms with Crippen molar-refractivity contribution in [2.24, 2.45) is 0 Å². The Balaban J connectivity index is 1.50. The van der Waals surface area contributed by atoms with E-state index in [1.165, 1.54) is 5.56 Å². The van der Waals surface area contributed by atoms with Crippen LogP contribution < -0.4 is 14.2 Å². The number of methoxy groups -OCH3 is 3. The smallest absolute Gasteiger partial charge is 0.203 e. The second kappa shape index (κ2) is 10.7. The first kappa shape index (κ1) is 23.1. The lowest BCUT2D eigenvalue weighted by molar-refractivity contribution is 0.104. The number of rotatable bonds is 8. The van der Waals surface area contributed by atoms with Gasteiger partial charge in [-0.05, 0) is 29.3 Å². The van der Waals surface area contributed by atoms with Gasteiger partial charge in [-0.15, -0.1) is 0 Å². The number of piperazine rings is 1. The summed E-state index contributed by atoms with van der Waals surface area (Å²) in [5.41, 5.74) is 3.40. The normalized spacial score (nSPS) is 15.8. The summed E-state index contributed by atoms with van der Waals surface area (Å²) in [4.78, 5) is 4.90.